The molecule has 0 aromatic heterocycles. The summed E-state index contributed by atoms with van der Waals surface area (Å²) in [5.74, 6) is 0.999. The van der Waals surface area contributed by atoms with Gasteiger partial charge in [-0.05, 0) is 68.8 Å². The standard InChI is InChI=1S/C31H42Cl2N4O3/c1-22(2)20-23(3)34(4)31(39)37-28-21-25(12-10-24(28)11-13-29(37)38)40-19-6-5-14-35-15-17-36(18-16-35)27-9-7-8-26(32)30(27)33/h7-10,12,21-23H,5-6,11,13-20H2,1-4H3. The van der Waals surface area contributed by atoms with Gasteiger partial charge in [0, 0.05) is 51.8 Å². The number of benzene rings is 2. The fraction of sp³-hybridized carbons (Fsp3) is 0.548. The number of nitrogens with zero attached hydrogens (tertiary/aromatic N) is 4. The maximum absolute atomic E-state index is 13.4. The molecule has 0 spiro atoms. The van der Waals surface area contributed by atoms with E-state index in [1.165, 1.54) is 4.90 Å². The van der Waals surface area contributed by atoms with E-state index in [0.29, 0.717) is 46.8 Å². The molecule has 218 valence electrons. The number of ether oxygens (including phenoxy) is 1. The van der Waals surface area contributed by atoms with Crippen LogP contribution in [-0.4, -0.2) is 74.2 Å². The van der Waals surface area contributed by atoms with E-state index in [9.17, 15) is 9.59 Å². The van der Waals surface area contributed by atoms with Crippen LogP contribution in [0.1, 0.15) is 52.0 Å². The van der Waals surface area contributed by atoms with Crippen LogP contribution in [0.25, 0.3) is 0 Å². The van der Waals surface area contributed by atoms with Crippen molar-refractivity contribution in [3.05, 3.63) is 52.0 Å². The molecule has 2 aliphatic rings. The highest BCUT2D eigenvalue weighted by molar-refractivity contribution is 6.43. The molecule has 2 heterocycles. The molecule has 9 heteroatoms. The van der Waals surface area contributed by atoms with Crippen LogP contribution >= 0.6 is 23.2 Å². The maximum atomic E-state index is 13.4. The average molecular weight is 590 g/mol. The van der Waals surface area contributed by atoms with E-state index in [0.717, 1.165) is 63.2 Å². The van der Waals surface area contributed by atoms with Gasteiger partial charge in [-0.2, -0.15) is 0 Å². The van der Waals surface area contributed by atoms with Crippen molar-refractivity contribution >= 4 is 46.5 Å². The van der Waals surface area contributed by atoms with Crippen molar-refractivity contribution in [2.75, 3.05) is 56.2 Å². The Morgan fingerprint density at radius 2 is 1.75 bits per heavy atom. The van der Waals surface area contributed by atoms with Crippen LogP contribution in [0.3, 0.4) is 0 Å². The van der Waals surface area contributed by atoms with Crippen LogP contribution in [0.2, 0.25) is 10.0 Å². The molecule has 7 nitrogen and oxygen atoms in total. The Morgan fingerprint density at radius 1 is 1.00 bits per heavy atom. The van der Waals surface area contributed by atoms with E-state index in [1.54, 1.807) is 11.9 Å². The van der Waals surface area contributed by atoms with Crippen molar-refractivity contribution in [3.63, 3.8) is 0 Å². The van der Waals surface area contributed by atoms with E-state index in [4.69, 9.17) is 27.9 Å². The highest BCUT2D eigenvalue weighted by atomic mass is 35.5. The first-order chi connectivity index (χ1) is 19.2. The van der Waals surface area contributed by atoms with Gasteiger partial charge in [-0.15, -0.1) is 0 Å². The summed E-state index contributed by atoms with van der Waals surface area (Å²) in [6, 6.07) is 11.3. The predicted molar refractivity (Wildman–Crippen MR) is 164 cm³/mol. The van der Waals surface area contributed by atoms with E-state index in [2.05, 4.69) is 23.6 Å². The SMILES string of the molecule is CC(C)CC(C)N(C)C(=O)N1C(=O)CCc2ccc(OCCCCN3CCN(c4cccc(Cl)c4Cl)CC3)cc21. The number of urea groups is 1. The Kier molecular flexibility index (Phi) is 10.6. The molecule has 40 heavy (non-hydrogen) atoms. The van der Waals surface area contributed by atoms with Gasteiger partial charge in [-0.3, -0.25) is 9.69 Å². The van der Waals surface area contributed by atoms with E-state index < -0.39 is 0 Å². The average Bonchev–Trinajstić information content (AvgIpc) is 2.93. The number of aryl methyl sites for hydroxylation is 1. The van der Waals surface area contributed by atoms with Crippen molar-refractivity contribution in [1.29, 1.82) is 0 Å². The number of unbranched alkanes of at least 4 members (excludes halogenated alkanes) is 1. The van der Waals surface area contributed by atoms with Gasteiger partial charge in [0.1, 0.15) is 5.75 Å². The van der Waals surface area contributed by atoms with Crippen molar-refractivity contribution < 1.29 is 14.3 Å². The molecule has 1 fully saturated rings. The maximum Gasteiger partial charge on any atom is 0.331 e. The van der Waals surface area contributed by atoms with E-state index >= 15 is 0 Å². The van der Waals surface area contributed by atoms with Gasteiger partial charge in [-0.25, -0.2) is 9.69 Å². The molecule has 3 amide bonds. The first kappa shape index (κ1) is 30.5. The molecule has 1 unspecified atom stereocenters. The molecule has 0 saturated carbocycles. The fourth-order valence-electron chi connectivity index (χ4n) is 5.51. The zero-order valence-electron chi connectivity index (χ0n) is 24.2. The van der Waals surface area contributed by atoms with Crippen molar-refractivity contribution in [3.8, 4) is 5.75 Å². The minimum Gasteiger partial charge on any atom is -0.494 e. The number of fused-ring (bicyclic) bond motifs is 1. The Morgan fingerprint density at radius 3 is 2.48 bits per heavy atom. The van der Waals surface area contributed by atoms with Crippen LogP contribution in [0, 0.1) is 5.92 Å². The minimum atomic E-state index is -0.269. The number of piperazine rings is 1. The third-order valence-corrected chi connectivity index (χ3v) is 8.71. The summed E-state index contributed by atoms with van der Waals surface area (Å²) in [5.41, 5.74) is 2.66. The number of hydrogen-bond acceptors (Lipinski definition) is 5. The van der Waals surface area contributed by atoms with Crippen molar-refractivity contribution in [1.82, 2.24) is 9.80 Å². The zero-order chi connectivity index (χ0) is 28.8. The summed E-state index contributed by atoms with van der Waals surface area (Å²) in [4.78, 5) is 34.0. The van der Waals surface area contributed by atoms with Gasteiger partial charge in [0.2, 0.25) is 5.91 Å². The zero-order valence-corrected chi connectivity index (χ0v) is 25.7. The number of hydrogen-bond donors (Lipinski definition) is 0. The molecule has 2 aliphatic heterocycles. The van der Waals surface area contributed by atoms with Crippen molar-refractivity contribution in [2.24, 2.45) is 5.92 Å². The van der Waals surface area contributed by atoms with E-state index in [1.807, 2.05) is 43.3 Å². The lowest BCUT2D eigenvalue weighted by molar-refractivity contribution is -0.118. The minimum absolute atomic E-state index is 0.0442. The summed E-state index contributed by atoms with van der Waals surface area (Å²) >= 11 is 12.6. The number of amides is 3. The normalized spacial score (nSPS) is 16.7. The Balaban J connectivity index is 1.25. The second kappa shape index (κ2) is 13.9. The molecular formula is C31H42Cl2N4O3. The van der Waals surface area contributed by atoms with Gasteiger partial charge in [-0.1, -0.05) is 49.2 Å². The Labute approximate surface area is 248 Å². The molecule has 1 atom stereocenters. The molecular weight excluding hydrogens is 547 g/mol. The van der Waals surface area contributed by atoms with Gasteiger partial charge < -0.3 is 14.5 Å². The van der Waals surface area contributed by atoms with Crippen molar-refractivity contribution in [2.45, 2.75) is 58.9 Å². The van der Waals surface area contributed by atoms with Gasteiger partial charge in [0.15, 0.2) is 0 Å². The summed E-state index contributed by atoms with van der Waals surface area (Å²) in [6.07, 6.45) is 3.82. The van der Waals surface area contributed by atoms with Gasteiger partial charge >= 0.3 is 6.03 Å². The van der Waals surface area contributed by atoms with Gasteiger partial charge in [0.05, 0.1) is 28.0 Å². The smallest absolute Gasteiger partial charge is 0.331 e. The van der Waals surface area contributed by atoms with E-state index in [-0.39, 0.29) is 18.0 Å². The number of imide groups is 1. The number of halogens is 2. The summed E-state index contributed by atoms with van der Waals surface area (Å²) < 4.78 is 6.07. The van der Waals surface area contributed by atoms with Crippen LogP contribution in [0.4, 0.5) is 16.2 Å². The third kappa shape index (κ3) is 7.42. The summed E-state index contributed by atoms with van der Waals surface area (Å²) in [6.45, 7) is 11.7. The third-order valence-electron chi connectivity index (χ3n) is 7.90. The molecule has 0 bridgehead atoms. The number of carbonyl (C=O) groups excluding carboxylic acids is 2. The highest BCUT2D eigenvalue weighted by Crippen LogP contribution is 2.34. The van der Waals surface area contributed by atoms with Crippen LogP contribution in [0.15, 0.2) is 36.4 Å². The van der Waals surface area contributed by atoms with Crippen LogP contribution in [0.5, 0.6) is 5.75 Å². The molecule has 4 rings (SSSR count). The molecule has 0 aliphatic carbocycles. The molecule has 2 aromatic carbocycles. The number of anilines is 2. The molecule has 2 aromatic rings. The summed E-state index contributed by atoms with van der Waals surface area (Å²) in [7, 11) is 1.78. The topological polar surface area (TPSA) is 56.3 Å². The Hall–Kier alpha value is -2.48. The lowest BCUT2D eigenvalue weighted by Crippen LogP contribution is -2.49. The lowest BCUT2D eigenvalue weighted by Gasteiger charge is -2.36. The monoisotopic (exact) mass is 588 g/mol. The quantitative estimate of drug-likeness (QED) is 0.288. The van der Waals surface area contributed by atoms with Gasteiger partial charge in [0.25, 0.3) is 0 Å². The second-order valence-corrected chi connectivity index (χ2v) is 12.1. The highest BCUT2D eigenvalue weighted by Gasteiger charge is 2.33. The molecule has 0 radical (unpaired) electrons. The largest absolute Gasteiger partial charge is 0.494 e. The Bertz CT molecular complexity index is 1180. The molecule has 1 saturated heterocycles. The first-order valence-corrected chi connectivity index (χ1v) is 15.2. The van der Waals surface area contributed by atoms with Crippen LogP contribution < -0.4 is 14.5 Å². The van der Waals surface area contributed by atoms with Crippen LogP contribution in [-0.2, 0) is 11.2 Å². The predicted octanol–water partition coefficient (Wildman–Crippen LogP) is 6.74. The molecule has 0 N–H and O–H groups in total. The fourth-order valence-corrected chi connectivity index (χ4v) is 5.93. The lowest BCUT2D eigenvalue weighted by atomic mass is 10.0. The number of carbonyl (C=O) groups is 2. The second-order valence-electron chi connectivity index (χ2n) is 11.3. The number of rotatable bonds is 10. The first-order valence-electron chi connectivity index (χ1n) is 14.4. The summed E-state index contributed by atoms with van der Waals surface area (Å²) in [5, 5.41) is 1.22.